The maximum absolute atomic E-state index is 11.4. The fourth-order valence-corrected chi connectivity index (χ4v) is 1.31. The lowest BCUT2D eigenvalue weighted by Gasteiger charge is -2.13. The molecular weight excluding hydrogens is 186 g/mol. The number of aromatic nitrogens is 1. The fraction of sp³-hybridized carbons (Fsp3) is 0.500. The Hall–Kier alpha value is -0.940. The number of hydrogen-bond donors (Lipinski definition) is 2. The van der Waals surface area contributed by atoms with Crippen molar-refractivity contribution in [1.82, 2.24) is 4.98 Å². The minimum Gasteiger partial charge on any atom is -0.320 e. The van der Waals surface area contributed by atoms with Gasteiger partial charge < -0.3 is 11.1 Å². The second kappa shape index (κ2) is 4.34. The molecule has 0 aliphatic heterocycles. The van der Waals surface area contributed by atoms with E-state index in [1.165, 1.54) is 11.3 Å². The van der Waals surface area contributed by atoms with Gasteiger partial charge in [0.1, 0.15) is 0 Å². The van der Waals surface area contributed by atoms with Crippen molar-refractivity contribution < 1.29 is 4.79 Å². The van der Waals surface area contributed by atoms with E-state index in [2.05, 4.69) is 10.3 Å². The van der Waals surface area contributed by atoms with Crippen LogP contribution in [0.15, 0.2) is 11.6 Å². The lowest BCUT2D eigenvalue weighted by atomic mass is 10.1. The lowest BCUT2D eigenvalue weighted by Crippen LogP contribution is -2.39. The van der Waals surface area contributed by atoms with Gasteiger partial charge in [0.05, 0.1) is 6.04 Å². The van der Waals surface area contributed by atoms with Crippen molar-refractivity contribution in [3.05, 3.63) is 11.6 Å². The van der Waals surface area contributed by atoms with Crippen molar-refractivity contribution in [2.24, 2.45) is 11.7 Å². The summed E-state index contributed by atoms with van der Waals surface area (Å²) < 4.78 is 0. The predicted molar refractivity (Wildman–Crippen MR) is 53.6 cm³/mol. The van der Waals surface area contributed by atoms with Crippen LogP contribution < -0.4 is 11.1 Å². The van der Waals surface area contributed by atoms with Crippen LogP contribution in [-0.4, -0.2) is 16.9 Å². The van der Waals surface area contributed by atoms with Gasteiger partial charge in [-0.3, -0.25) is 4.79 Å². The van der Waals surface area contributed by atoms with Crippen molar-refractivity contribution in [3.8, 4) is 0 Å². The summed E-state index contributed by atoms with van der Waals surface area (Å²) in [6, 6.07) is -0.469. The van der Waals surface area contributed by atoms with E-state index in [1.807, 2.05) is 13.8 Å². The zero-order valence-corrected chi connectivity index (χ0v) is 8.47. The van der Waals surface area contributed by atoms with Gasteiger partial charge >= 0.3 is 0 Å². The average Bonchev–Trinajstić information content (AvgIpc) is 2.55. The first-order valence-corrected chi connectivity index (χ1v) is 4.95. The zero-order valence-electron chi connectivity index (χ0n) is 7.65. The third-order valence-electron chi connectivity index (χ3n) is 1.68. The first kappa shape index (κ1) is 10.1. The van der Waals surface area contributed by atoms with Gasteiger partial charge in [-0.1, -0.05) is 13.8 Å². The van der Waals surface area contributed by atoms with E-state index < -0.39 is 6.04 Å². The second-order valence-corrected chi connectivity index (χ2v) is 3.99. The highest BCUT2D eigenvalue weighted by atomic mass is 32.1. The number of rotatable bonds is 3. The first-order chi connectivity index (χ1) is 6.11. The molecule has 0 bridgehead atoms. The van der Waals surface area contributed by atoms with Crippen LogP contribution in [0.2, 0.25) is 0 Å². The van der Waals surface area contributed by atoms with E-state index in [9.17, 15) is 4.79 Å². The summed E-state index contributed by atoms with van der Waals surface area (Å²) in [5.74, 6) is -0.0371. The molecule has 1 aromatic heterocycles. The molecule has 72 valence electrons. The molecule has 0 aliphatic carbocycles. The van der Waals surface area contributed by atoms with E-state index in [0.717, 1.165) is 0 Å². The van der Waals surface area contributed by atoms with Crippen LogP contribution in [0.1, 0.15) is 13.8 Å². The van der Waals surface area contributed by atoms with Gasteiger partial charge in [0, 0.05) is 11.6 Å². The molecule has 5 heteroatoms. The molecule has 0 spiro atoms. The monoisotopic (exact) mass is 199 g/mol. The van der Waals surface area contributed by atoms with Gasteiger partial charge in [-0.2, -0.15) is 0 Å². The summed E-state index contributed by atoms with van der Waals surface area (Å²) in [6.07, 6.45) is 1.64. The molecule has 0 saturated heterocycles. The summed E-state index contributed by atoms with van der Waals surface area (Å²) >= 11 is 1.38. The molecular formula is C8H13N3OS. The molecule has 0 fully saturated rings. The first-order valence-electron chi connectivity index (χ1n) is 4.07. The normalized spacial score (nSPS) is 12.9. The number of carbonyl (C=O) groups excluding carboxylic acids is 1. The maximum atomic E-state index is 11.4. The molecule has 0 aromatic carbocycles. The summed E-state index contributed by atoms with van der Waals surface area (Å²) in [6.45, 7) is 3.82. The molecule has 1 aromatic rings. The highest BCUT2D eigenvalue weighted by Crippen LogP contribution is 2.11. The Kier molecular flexibility index (Phi) is 3.39. The molecule has 0 saturated carbocycles. The van der Waals surface area contributed by atoms with Crippen LogP contribution in [0.4, 0.5) is 5.13 Å². The number of thiazole rings is 1. The lowest BCUT2D eigenvalue weighted by molar-refractivity contribution is -0.118. The Balaban J connectivity index is 2.51. The molecule has 1 unspecified atom stereocenters. The van der Waals surface area contributed by atoms with Crippen molar-refractivity contribution in [1.29, 1.82) is 0 Å². The SMILES string of the molecule is CC(C)C(N)C(=O)Nc1nccs1. The van der Waals surface area contributed by atoms with Crippen LogP contribution in [0, 0.1) is 5.92 Å². The van der Waals surface area contributed by atoms with E-state index in [1.54, 1.807) is 11.6 Å². The van der Waals surface area contributed by atoms with Crippen LogP contribution in [-0.2, 0) is 4.79 Å². The van der Waals surface area contributed by atoms with Gasteiger partial charge in [0.25, 0.3) is 0 Å². The number of nitrogens with one attached hydrogen (secondary N) is 1. The summed E-state index contributed by atoms with van der Waals surface area (Å²) in [5, 5.41) is 5.05. The number of amides is 1. The van der Waals surface area contributed by atoms with Crippen LogP contribution in [0.3, 0.4) is 0 Å². The number of anilines is 1. The van der Waals surface area contributed by atoms with E-state index in [4.69, 9.17) is 5.73 Å². The van der Waals surface area contributed by atoms with Crippen molar-refractivity contribution in [2.75, 3.05) is 5.32 Å². The van der Waals surface area contributed by atoms with Gasteiger partial charge in [0.15, 0.2) is 5.13 Å². The molecule has 1 heterocycles. The number of hydrogen-bond acceptors (Lipinski definition) is 4. The summed E-state index contributed by atoms with van der Waals surface area (Å²) in [4.78, 5) is 15.3. The quantitative estimate of drug-likeness (QED) is 0.765. The van der Waals surface area contributed by atoms with Crippen LogP contribution >= 0.6 is 11.3 Å². The van der Waals surface area contributed by atoms with E-state index in [0.29, 0.717) is 5.13 Å². The van der Waals surface area contributed by atoms with Gasteiger partial charge in [-0.05, 0) is 5.92 Å². The van der Waals surface area contributed by atoms with E-state index >= 15 is 0 Å². The van der Waals surface area contributed by atoms with Crippen LogP contribution in [0.25, 0.3) is 0 Å². The molecule has 1 atom stereocenters. The largest absolute Gasteiger partial charge is 0.320 e. The Morgan fingerprint density at radius 1 is 1.69 bits per heavy atom. The zero-order chi connectivity index (χ0) is 9.84. The molecule has 1 rings (SSSR count). The van der Waals surface area contributed by atoms with Gasteiger partial charge in [-0.15, -0.1) is 11.3 Å². The molecule has 0 aliphatic rings. The molecule has 0 radical (unpaired) electrons. The van der Waals surface area contributed by atoms with Crippen LogP contribution in [0.5, 0.6) is 0 Å². The Bertz CT molecular complexity index is 271. The fourth-order valence-electron chi connectivity index (χ4n) is 0.777. The molecule has 13 heavy (non-hydrogen) atoms. The maximum Gasteiger partial charge on any atom is 0.243 e. The highest BCUT2D eigenvalue weighted by Gasteiger charge is 2.17. The third-order valence-corrected chi connectivity index (χ3v) is 2.37. The molecule has 4 nitrogen and oxygen atoms in total. The minimum atomic E-state index is -0.469. The minimum absolute atomic E-state index is 0.139. The van der Waals surface area contributed by atoms with Crippen molar-refractivity contribution >= 4 is 22.4 Å². The smallest absolute Gasteiger partial charge is 0.243 e. The van der Waals surface area contributed by atoms with E-state index in [-0.39, 0.29) is 11.8 Å². The predicted octanol–water partition coefficient (Wildman–Crippen LogP) is 1.06. The second-order valence-electron chi connectivity index (χ2n) is 3.10. The highest BCUT2D eigenvalue weighted by molar-refractivity contribution is 7.13. The topological polar surface area (TPSA) is 68.0 Å². The molecule has 3 N–H and O–H groups in total. The Labute approximate surface area is 81.2 Å². The summed E-state index contributed by atoms with van der Waals surface area (Å²) in [7, 11) is 0. The number of carbonyl (C=O) groups is 1. The number of nitrogens with zero attached hydrogens (tertiary/aromatic N) is 1. The number of nitrogens with two attached hydrogens (primary N) is 1. The average molecular weight is 199 g/mol. The Morgan fingerprint density at radius 2 is 2.38 bits per heavy atom. The standard InChI is InChI=1S/C8H13N3OS/c1-5(2)6(9)7(12)11-8-10-3-4-13-8/h3-6H,9H2,1-2H3,(H,10,11,12). The Morgan fingerprint density at radius 3 is 2.85 bits per heavy atom. The van der Waals surface area contributed by atoms with Crippen molar-refractivity contribution in [3.63, 3.8) is 0 Å². The van der Waals surface area contributed by atoms with Crippen molar-refractivity contribution in [2.45, 2.75) is 19.9 Å². The van der Waals surface area contributed by atoms with Gasteiger partial charge in [0.2, 0.25) is 5.91 Å². The third kappa shape index (κ3) is 2.78. The van der Waals surface area contributed by atoms with Gasteiger partial charge in [-0.25, -0.2) is 4.98 Å². The summed E-state index contributed by atoms with van der Waals surface area (Å²) in [5.41, 5.74) is 5.64. The molecule has 1 amide bonds.